The average Bonchev–Trinajstić information content (AvgIpc) is 3.01. The molecule has 1 heterocycles. The predicted octanol–water partition coefficient (Wildman–Crippen LogP) is 1.96. The minimum atomic E-state index is -0.862. The van der Waals surface area contributed by atoms with Crippen molar-refractivity contribution in [3.05, 3.63) is 23.8 Å². The molecular weight excluding hydrogens is 320 g/mol. The van der Waals surface area contributed by atoms with Crippen molar-refractivity contribution < 1.29 is 24.9 Å². The lowest BCUT2D eigenvalue weighted by Gasteiger charge is -2.60. The number of cyclic esters (lactones) is 1. The van der Waals surface area contributed by atoms with Gasteiger partial charge < -0.3 is 20.1 Å². The minimum Gasteiger partial charge on any atom is -0.458 e. The second kappa shape index (κ2) is 6.53. The van der Waals surface area contributed by atoms with Gasteiger partial charge in [-0.15, -0.1) is 0 Å². The van der Waals surface area contributed by atoms with Gasteiger partial charge >= 0.3 is 5.97 Å². The minimum absolute atomic E-state index is 0.0480. The van der Waals surface area contributed by atoms with E-state index in [0.29, 0.717) is 18.4 Å². The molecule has 0 saturated heterocycles. The topological polar surface area (TPSA) is 87.0 Å². The zero-order valence-corrected chi connectivity index (χ0v) is 15.2. The van der Waals surface area contributed by atoms with Crippen molar-refractivity contribution in [1.82, 2.24) is 0 Å². The zero-order chi connectivity index (χ0) is 18.4. The first-order chi connectivity index (χ1) is 11.7. The molecule has 0 spiro atoms. The van der Waals surface area contributed by atoms with Crippen molar-refractivity contribution in [2.75, 3.05) is 13.2 Å². The maximum absolute atomic E-state index is 11.8. The van der Waals surface area contributed by atoms with Crippen LogP contribution < -0.4 is 0 Å². The van der Waals surface area contributed by atoms with Gasteiger partial charge in [-0.3, -0.25) is 0 Å². The van der Waals surface area contributed by atoms with E-state index >= 15 is 0 Å². The highest BCUT2D eigenvalue weighted by Gasteiger charge is 2.57. The van der Waals surface area contributed by atoms with E-state index < -0.39 is 23.6 Å². The monoisotopic (exact) mass is 350 g/mol. The van der Waals surface area contributed by atoms with E-state index in [9.17, 15) is 20.1 Å². The molecule has 2 saturated carbocycles. The largest absolute Gasteiger partial charge is 0.458 e. The third-order valence-corrected chi connectivity index (χ3v) is 7.26. The number of ether oxygens (including phenoxy) is 1. The third-order valence-electron chi connectivity index (χ3n) is 7.26. The van der Waals surface area contributed by atoms with Crippen molar-refractivity contribution in [1.29, 1.82) is 0 Å². The fourth-order valence-electron chi connectivity index (χ4n) is 5.63. The second-order valence-corrected chi connectivity index (χ2v) is 8.54. The summed E-state index contributed by atoms with van der Waals surface area (Å²) in [5.74, 6) is -0.232. The van der Waals surface area contributed by atoms with E-state index in [0.717, 1.165) is 24.8 Å². The third kappa shape index (κ3) is 2.86. The highest BCUT2D eigenvalue weighted by Crippen LogP contribution is 2.61. The smallest absolute Gasteiger partial charge is 0.336 e. The summed E-state index contributed by atoms with van der Waals surface area (Å²) in [6.45, 7) is 8.60. The fraction of sp³-hybridized carbons (Fsp3) is 0.750. The number of hydrogen-bond donors (Lipinski definition) is 3. The van der Waals surface area contributed by atoms with Gasteiger partial charge in [-0.1, -0.05) is 26.0 Å². The number of rotatable bonds is 4. The Balaban J connectivity index is 1.88. The van der Waals surface area contributed by atoms with Crippen LogP contribution >= 0.6 is 0 Å². The number of fused-ring (bicyclic) bond motifs is 1. The Labute approximate surface area is 149 Å². The molecule has 5 nitrogen and oxygen atoms in total. The van der Waals surface area contributed by atoms with Crippen LogP contribution in [-0.4, -0.2) is 46.7 Å². The quantitative estimate of drug-likeness (QED) is 0.533. The van der Waals surface area contributed by atoms with Crippen LogP contribution in [0.2, 0.25) is 0 Å². The molecule has 25 heavy (non-hydrogen) atoms. The molecule has 1 aliphatic heterocycles. The normalized spacial score (nSPS) is 42.6. The molecule has 3 aliphatic rings. The SMILES string of the molecule is C=C1CCC2[C@](C)(CO)C(O)CC[C@]2(C)[C@H]1CC(O)C1=CCOC1=O. The van der Waals surface area contributed by atoms with Gasteiger partial charge in [0.25, 0.3) is 0 Å². The average molecular weight is 350 g/mol. The fourth-order valence-corrected chi connectivity index (χ4v) is 5.63. The van der Waals surface area contributed by atoms with Crippen LogP contribution in [0.5, 0.6) is 0 Å². The number of allylic oxidation sites excluding steroid dienone is 1. The summed E-state index contributed by atoms with van der Waals surface area (Å²) < 4.78 is 4.92. The van der Waals surface area contributed by atoms with E-state index in [2.05, 4.69) is 13.5 Å². The number of hydrogen-bond acceptors (Lipinski definition) is 5. The van der Waals surface area contributed by atoms with Gasteiger partial charge in [-0.25, -0.2) is 4.79 Å². The summed E-state index contributed by atoms with van der Waals surface area (Å²) in [6, 6.07) is 0. The Morgan fingerprint density at radius 3 is 2.72 bits per heavy atom. The summed E-state index contributed by atoms with van der Waals surface area (Å²) in [4.78, 5) is 11.8. The lowest BCUT2D eigenvalue weighted by atomic mass is 9.46. The van der Waals surface area contributed by atoms with Crippen LogP contribution in [0.25, 0.3) is 0 Å². The van der Waals surface area contributed by atoms with Crippen LogP contribution in [0, 0.1) is 22.7 Å². The summed E-state index contributed by atoms with van der Waals surface area (Å²) in [5, 5.41) is 31.2. The van der Waals surface area contributed by atoms with Gasteiger partial charge in [0, 0.05) is 5.41 Å². The molecule has 0 aromatic rings. The molecule has 0 bridgehead atoms. The maximum Gasteiger partial charge on any atom is 0.336 e. The van der Waals surface area contributed by atoms with Crippen LogP contribution in [0.4, 0.5) is 0 Å². The number of carbonyl (C=O) groups is 1. The molecule has 2 fully saturated rings. The molecule has 0 aromatic carbocycles. The Bertz CT molecular complexity index is 597. The van der Waals surface area contributed by atoms with Gasteiger partial charge in [0.2, 0.25) is 0 Å². The first-order valence-electron chi connectivity index (χ1n) is 9.26. The lowest BCUT2D eigenvalue weighted by Crippen LogP contribution is -2.57. The first-order valence-corrected chi connectivity index (χ1v) is 9.26. The predicted molar refractivity (Wildman–Crippen MR) is 93.6 cm³/mol. The van der Waals surface area contributed by atoms with E-state index in [1.165, 1.54) is 0 Å². The first kappa shape index (κ1) is 18.6. The Kier molecular flexibility index (Phi) is 4.86. The van der Waals surface area contributed by atoms with Gasteiger partial charge in [-0.2, -0.15) is 0 Å². The molecule has 3 unspecified atom stereocenters. The Morgan fingerprint density at radius 2 is 2.12 bits per heavy atom. The van der Waals surface area contributed by atoms with Crippen molar-refractivity contribution in [2.24, 2.45) is 22.7 Å². The second-order valence-electron chi connectivity index (χ2n) is 8.54. The lowest BCUT2D eigenvalue weighted by molar-refractivity contribution is -0.154. The highest BCUT2D eigenvalue weighted by atomic mass is 16.5. The standard InChI is InChI=1S/C20H30O5/c1-12-4-5-16-19(2,8-6-17(23)20(16,3)11-21)14(12)10-15(22)13-7-9-25-18(13)24/h7,14-17,21-23H,1,4-6,8-11H2,2-3H3/t14-,15?,16?,17?,19+,20-/m0/s1. The van der Waals surface area contributed by atoms with Crippen molar-refractivity contribution >= 4 is 5.97 Å². The van der Waals surface area contributed by atoms with Crippen molar-refractivity contribution in [3.8, 4) is 0 Å². The van der Waals surface area contributed by atoms with E-state index in [1.54, 1.807) is 6.08 Å². The van der Waals surface area contributed by atoms with Crippen molar-refractivity contribution in [3.63, 3.8) is 0 Å². The number of aliphatic hydroxyl groups is 3. The van der Waals surface area contributed by atoms with Crippen LogP contribution in [0.1, 0.15) is 46.0 Å². The number of carbonyl (C=O) groups excluding carboxylic acids is 1. The Morgan fingerprint density at radius 1 is 1.40 bits per heavy atom. The molecule has 6 atom stereocenters. The van der Waals surface area contributed by atoms with Gasteiger partial charge in [-0.05, 0) is 55.4 Å². The van der Waals surface area contributed by atoms with E-state index in [-0.39, 0.29) is 30.5 Å². The van der Waals surface area contributed by atoms with Crippen LogP contribution in [0.15, 0.2) is 23.8 Å². The van der Waals surface area contributed by atoms with Gasteiger partial charge in [0.05, 0.1) is 24.4 Å². The maximum atomic E-state index is 11.8. The summed E-state index contributed by atoms with van der Waals surface area (Å²) in [5.41, 5.74) is 0.749. The molecule has 0 radical (unpaired) electrons. The zero-order valence-electron chi connectivity index (χ0n) is 15.2. The Hall–Kier alpha value is -1.17. The van der Waals surface area contributed by atoms with Gasteiger partial charge in [0.15, 0.2) is 0 Å². The molecule has 3 rings (SSSR count). The molecule has 140 valence electrons. The van der Waals surface area contributed by atoms with Crippen LogP contribution in [0.3, 0.4) is 0 Å². The van der Waals surface area contributed by atoms with Gasteiger partial charge in [0.1, 0.15) is 6.61 Å². The summed E-state index contributed by atoms with van der Waals surface area (Å²) in [6.07, 6.45) is 3.89. The molecular formula is C20H30O5. The van der Waals surface area contributed by atoms with Crippen LogP contribution in [-0.2, 0) is 9.53 Å². The molecule has 0 aromatic heterocycles. The number of esters is 1. The number of aliphatic hydroxyl groups excluding tert-OH is 3. The van der Waals surface area contributed by atoms with E-state index in [4.69, 9.17) is 4.74 Å². The highest BCUT2D eigenvalue weighted by molar-refractivity contribution is 5.91. The summed E-state index contributed by atoms with van der Waals surface area (Å²) in [7, 11) is 0. The van der Waals surface area contributed by atoms with E-state index in [1.807, 2.05) is 6.92 Å². The molecule has 5 heteroatoms. The molecule has 2 aliphatic carbocycles. The summed E-state index contributed by atoms with van der Waals surface area (Å²) >= 11 is 0. The van der Waals surface area contributed by atoms with Crippen molar-refractivity contribution in [2.45, 2.75) is 58.2 Å². The molecule has 0 amide bonds. The molecule has 3 N–H and O–H groups in total.